The van der Waals surface area contributed by atoms with Crippen molar-refractivity contribution in [2.75, 3.05) is 25.0 Å². The molecule has 1 aromatic rings. The number of benzene rings is 1. The Morgan fingerprint density at radius 2 is 2.37 bits per heavy atom. The Hall–Kier alpha value is -2.15. The molecule has 1 aliphatic rings. The van der Waals surface area contributed by atoms with Gasteiger partial charge in [0.15, 0.2) is 0 Å². The van der Waals surface area contributed by atoms with Crippen LogP contribution >= 0.6 is 0 Å². The number of hydrogen-bond acceptors (Lipinski definition) is 4. The second-order valence-corrected chi connectivity index (χ2v) is 4.50. The van der Waals surface area contributed by atoms with E-state index in [1.54, 1.807) is 6.07 Å². The Balaban J connectivity index is 1.84. The summed E-state index contributed by atoms with van der Waals surface area (Å²) in [4.78, 5) is 21.8. The zero-order valence-electron chi connectivity index (χ0n) is 10.4. The van der Waals surface area contributed by atoms with E-state index in [0.29, 0.717) is 18.2 Å². The average molecular weight is 264 g/mol. The molecule has 1 aromatic carbocycles. The van der Waals surface area contributed by atoms with Gasteiger partial charge in [0.05, 0.1) is 4.92 Å². The van der Waals surface area contributed by atoms with Gasteiger partial charge < -0.3 is 16.0 Å². The number of nitrogens with one attached hydrogen (secondary N) is 3. The van der Waals surface area contributed by atoms with Crippen LogP contribution in [0, 0.1) is 16.0 Å². The maximum absolute atomic E-state index is 11.6. The number of urea groups is 1. The van der Waals surface area contributed by atoms with Gasteiger partial charge in [0.2, 0.25) is 0 Å². The van der Waals surface area contributed by atoms with E-state index >= 15 is 0 Å². The maximum atomic E-state index is 11.6. The van der Waals surface area contributed by atoms with Gasteiger partial charge in [-0.25, -0.2) is 4.79 Å². The quantitative estimate of drug-likeness (QED) is 0.564. The van der Waals surface area contributed by atoms with Gasteiger partial charge in [-0.05, 0) is 31.5 Å². The number of anilines is 1. The standard InChI is InChI=1S/C12H16N4O3/c17-12(14-8-9-4-5-13-7-9)15-10-2-1-3-11(6-10)16(18)19/h1-3,6,9,13H,4-5,7-8H2,(H2,14,15,17). The van der Waals surface area contributed by atoms with Crippen molar-refractivity contribution in [3.8, 4) is 0 Å². The van der Waals surface area contributed by atoms with Gasteiger partial charge in [-0.2, -0.15) is 0 Å². The SMILES string of the molecule is O=C(NCC1CCNC1)Nc1cccc([N+](=O)[O-])c1. The Bertz CT molecular complexity index is 472. The fourth-order valence-corrected chi connectivity index (χ4v) is 2.00. The lowest BCUT2D eigenvalue weighted by Crippen LogP contribution is -2.33. The number of rotatable bonds is 4. The van der Waals surface area contributed by atoms with Gasteiger partial charge in [0, 0.05) is 24.4 Å². The highest BCUT2D eigenvalue weighted by Gasteiger charge is 2.15. The summed E-state index contributed by atoms with van der Waals surface area (Å²) < 4.78 is 0. The van der Waals surface area contributed by atoms with Crippen LogP contribution in [0.3, 0.4) is 0 Å². The lowest BCUT2D eigenvalue weighted by molar-refractivity contribution is -0.384. The molecular weight excluding hydrogens is 248 g/mol. The molecule has 1 heterocycles. The molecule has 0 saturated carbocycles. The van der Waals surface area contributed by atoms with E-state index in [2.05, 4.69) is 16.0 Å². The third kappa shape index (κ3) is 3.92. The molecular formula is C12H16N4O3. The van der Waals surface area contributed by atoms with Gasteiger partial charge in [0.1, 0.15) is 0 Å². The predicted octanol–water partition coefficient (Wildman–Crippen LogP) is 1.33. The highest BCUT2D eigenvalue weighted by Crippen LogP contribution is 2.16. The summed E-state index contributed by atoms with van der Waals surface area (Å²) in [5.41, 5.74) is 0.369. The summed E-state index contributed by atoms with van der Waals surface area (Å²) in [5.74, 6) is 0.454. The topological polar surface area (TPSA) is 96.3 Å². The average Bonchev–Trinajstić information content (AvgIpc) is 2.90. The summed E-state index contributed by atoms with van der Waals surface area (Å²) in [5, 5.41) is 19.2. The Labute approximate surface area is 110 Å². The van der Waals surface area contributed by atoms with E-state index in [4.69, 9.17) is 0 Å². The lowest BCUT2D eigenvalue weighted by Gasteiger charge is -2.11. The molecule has 0 spiro atoms. The first kappa shape index (κ1) is 13.3. The van der Waals surface area contributed by atoms with Crippen LogP contribution in [0.25, 0.3) is 0 Å². The second-order valence-electron chi connectivity index (χ2n) is 4.50. The molecule has 0 aromatic heterocycles. The smallest absolute Gasteiger partial charge is 0.319 e. The van der Waals surface area contributed by atoms with Crippen LogP contribution in [-0.4, -0.2) is 30.6 Å². The van der Waals surface area contributed by atoms with Crippen molar-refractivity contribution in [3.05, 3.63) is 34.4 Å². The van der Waals surface area contributed by atoms with E-state index in [9.17, 15) is 14.9 Å². The molecule has 0 aliphatic carbocycles. The molecule has 2 rings (SSSR count). The van der Waals surface area contributed by atoms with E-state index in [0.717, 1.165) is 19.5 Å². The Morgan fingerprint density at radius 3 is 3.05 bits per heavy atom. The Kier molecular flexibility index (Phi) is 4.30. The minimum absolute atomic E-state index is 0.0437. The number of amides is 2. The third-order valence-electron chi connectivity index (χ3n) is 3.03. The molecule has 1 unspecified atom stereocenters. The highest BCUT2D eigenvalue weighted by molar-refractivity contribution is 5.89. The summed E-state index contributed by atoms with van der Waals surface area (Å²) in [6.45, 7) is 2.50. The number of non-ortho nitro benzene ring substituents is 1. The van der Waals surface area contributed by atoms with Crippen LogP contribution in [0.1, 0.15) is 6.42 Å². The van der Waals surface area contributed by atoms with Crippen molar-refractivity contribution < 1.29 is 9.72 Å². The molecule has 0 bridgehead atoms. The van der Waals surface area contributed by atoms with Crippen molar-refractivity contribution in [1.29, 1.82) is 0 Å². The zero-order valence-corrected chi connectivity index (χ0v) is 10.4. The van der Waals surface area contributed by atoms with Gasteiger partial charge in [-0.3, -0.25) is 10.1 Å². The van der Waals surface area contributed by atoms with E-state index in [1.165, 1.54) is 18.2 Å². The molecule has 2 amide bonds. The normalized spacial score (nSPS) is 18.0. The monoisotopic (exact) mass is 264 g/mol. The maximum Gasteiger partial charge on any atom is 0.319 e. The minimum Gasteiger partial charge on any atom is -0.338 e. The number of nitro groups is 1. The number of carbonyl (C=O) groups is 1. The van der Waals surface area contributed by atoms with Gasteiger partial charge >= 0.3 is 6.03 Å². The summed E-state index contributed by atoms with van der Waals surface area (Å²) in [6, 6.07) is 5.52. The summed E-state index contributed by atoms with van der Waals surface area (Å²) in [7, 11) is 0. The first-order valence-corrected chi connectivity index (χ1v) is 6.15. The summed E-state index contributed by atoms with van der Waals surface area (Å²) >= 11 is 0. The van der Waals surface area contributed by atoms with Gasteiger partial charge in [-0.15, -0.1) is 0 Å². The number of hydrogen-bond donors (Lipinski definition) is 3. The van der Waals surface area contributed by atoms with E-state index in [1.807, 2.05) is 0 Å². The number of carbonyl (C=O) groups excluding carboxylic acids is 1. The molecule has 1 fully saturated rings. The largest absolute Gasteiger partial charge is 0.338 e. The molecule has 3 N–H and O–H groups in total. The van der Waals surface area contributed by atoms with Crippen molar-refractivity contribution >= 4 is 17.4 Å². The summed E-state index contributed by atoms with van der Waals surface area (Å²) in [6.07, 6.45) is 1.05. The molecule has 1 aliphatic heterocycles. The van der Waals surface area contributed by atoms with Crippen molar-refractivity contribution in [1.82, 2.24) is 10.6 Å². The first-order valence-electron chi connectivity index (χ1n) is 6.15. The van der Waals surface area contributed by atoms with Crippen molar-refractivity contribution in [3.63, 3.8) is 0 Å². The fraction of sp³-hybridized carbons (Fsp3) is 0.417. The number of nitro benzene ring substituents is 1. The Morgan fingerprint density at radius 1 is 1.53 bits per heavy atom. The molecule has 7 heteroatoms. The molecule has 1 atom stereocenters. The molecule has 19 heavy (non-hydrogen) atoms. The molecule has 1 saturated heterocycles. The van der Waals surface area contributed by atoms with Gasteiger partial charge in [0.25, 0.3) is 5.69 Å². The van der Waals surface area contributed by atoms with Gasteiger partial charge in [-0.1, -0.05) is 6.07 Å². The third-order valence-corrected chi connectivity index (χ3v) is 3.03. The minimum atomic E-state index is -0.493. The van der Waals surface area contributed by atoms with Crippen LogP contribution in [0.2, 0.25) is 0 Å². The first-order chi connectivity index (χ1) is 9.15. The second kappa shape index (κ2) is 6.14. The van der Waals surface area contributed by atoms with Crippen molar-refractivity contribution in [2.45, 2.75) is 6.42 Å². The predicted molar refractivity (Wildman–Crippen MR) is 71.1 cm³/mol. The van der Waals surface area contributed by atoms with E-state index < -0.39 is 4.92 Å². The van der Waals surface area contributed by atoms with Crippen LogP contribution in [0.5, 0.6) is 0 Å². The van der Waals surface area contributed by atoms with Crippen LogP contribution < -0.4 is 16.0 Å². The van der Waals surface area contributed by atoms with Crippen LogP contribution in [-0.2, 0) is 0 Å². The molecule has 7 nitrogen and oxygen atoms in total. The van der Waals surface area contributed by atoms with Crippen molar-refractivity contribution in [2.24, 2.45) is 5.92 Å². The highest BCUT2D eigenvalue weighted by atomic mass is 16.6. The van der Waals surface area contributed by atoms with Crippen LogP contribution in [0.4, 0.5) is 16.2 Å². The van der Waals surface area contributed by atoms with Crippen LogP contribution in [0.15, 0.2) is 24.3 Å². The molecule has 0 radical (unpaired) electrons. The lowest BCUT2D eigenvalue weighted by atomic mass is 10.1. The fourth-order valence-electron chi connectivity index (χ4n) is 2.00. The zero-order chi connectivity index (χ0) is 13.7. The number of nitrogens with zero attached hydrogens (tertiary/aromatic N) is 1. The molecule has 102 valence electrons. The van der Waals surface area contributed by atoms with E-state index in [-0.39, 0.29) is 11.7 Å².